The second-order valence-corrected chi connectivity index (χ2v) is 5.15. The van der Waals surface area contributed by atoms with Crippen molar-refractivity contribution in [2.24, 2.45) is 0 Å². The van der Waals surface area contributed by atoms with Crippen LogP contribution < -0.4 is 5.32 Å². The smallest absolute Gasteiger partial charge is 0.0947 e. The molecule has 102 valence electrons. The van der Waals surface area contributed by atoms with Crippen molar-refractivity contribution in [2.45, 2.75) is 25.9 Å². The highest BCUT2D eigenvalue weighted by Crippen LogP contribution is 2.09. The van der Waals surface area contributed by atoms with Crippen LogP contribution in [-0.2, 0) is 6.54 Å². The fourth-order valence-corrected chi connectivity index (χ4v) is 2.52. The molecule has 1 saturated heterocycles. The van der Waals surface area contributed by atoms with E-state index in [1.807, 2.05) is 6.07 Å². The van der Waals surface area contributed by atoms with E-state index in [2.05, 4.69) is 29.1 Å². The summed E-state index contributed by atoms with van der Waals surface area (Å²) < 4.78 is 5.05. The molecule has 1 aliphatic rings. The minimum atomic E-state index is 0.729. The van der Waals surface area contributed by atoms with Gasteiger partial charge in [-0.2, -0.15) is 0 Å². The van der Waals surface area contributed by atoms with Crippen LogP contribution in [0.15, 0.2) is 23.0 Å². The van der Waals surface area contributed by atoms with Crippen molar-refractivity contribution in [1.82, 2.24) is 15.1 Å². The maximum absolute atomic E-state index is 5.05. The van der Waals surface area contributed by atoms with Gasteiger partial charge in [0.15, 0.2) is 0 Å². The van der Waals surface area contributed by atoms with Gasteiger partial charge in [-0.25, -0.2) is 0 Å². The van der Waals surface area contributed by atoms with E-state index in [-0.39, 0.29) is 0 Å². The Labute approximate surface area is 110 Å². The van der Waals surface area contributed by atoms with E-state index in [0.29, 0.717) is 0 Å². The summed E-state index contributed by atoms with van der Waals surface area (Å²) in [4.78, 5) is 5.05. The average molecular weight is 251 g/mol. The lowest BCUT2D eigenvalue weighted by atomic mass is 10.1. The van der Waals surface area contributed by atoms with Crippen LogP contribution in [0.25, 0.3) is 0 Å². The van der Waals surface area contributed by atoms with Crippen LogP contribution in [0.4, 0.5) is 0 Å². The highest BCUT2D eigenvalue weighted by molar-refractivity contribution is 5.04. The largest absolute Gasteiger partial charge is 0.472 e. The Morgan fingerprint density at radius 1 is 1.44 bits per heavy atom. The van der Waals surface area contributed by atoms with Gasteiger partial charge in [-0.15, -0.1) is 0 Å². The summed E-state index contributed by atoms with van der Waals surface area (Å²) in [6.45, 7) is 8.97. The van der Waals surface area contributed by atoms with Crippen molar-refractivity contribution >= 4 is 0 Å². The Kier molecular flexibility index (Phi) is 5.23. The quantitative estimate of drug-likeness (QED) is 0.774. The first kappa shape index (κ1) is 13.6. The number of nitrogens with zero attached hydrogens (tertiary/aromatic N) is 2. The number of rotatable bonds is 6. The molecule has 2 heterocycles. The third-order valence-electron chi connectivity index (χ3n) is 3.85. The maximum atomic E-state index is 5.05. The number of furan rings is 1. The predicted octanol–water partition coefficient (Wildman–Crippen LogP) is 1.40. The van der Waals surface area contributed by atoms with E-state index in [4.69, 9.17) is 4.42 Å². The van der Waals surface area contributed by atoms with Crippen LogP contribution in [0.1, 0.15) is 18.9 Å². The van der Waals surface area contributed by atoms with Crippen molar-refractivity contribution in [3.05, 3.63) is 24.2 Å². The van der Waals surface area contributed by atoms with Gasteiger partial charge in [0, 0.05) is 50.9 Å². The van der Waals surface area contributed by atoms with Gasteiger partial charge in [0.05, 0.1) is 12.5 Å². The molecular weight excluding hydrogens is 226 g/mol. The molecule has 4 heteroatoms. The third kappa shape index (κ3) is 3.83. The van der Waals surface area contributed by atoms with E-state index < -0.39 is 0 Å². The van der Waals surface area contributed by atoms with E-state index in [1.54, 1.807) is 12.5 Å². The lowest BCUT2D eigenvalue weighted by Crippen LogP contribution is -2.52. The van der Waals surface area contributed by atoms with Crippen LogP contribution in [0.5, 0.6) is 0 Å². The van der Waals surface area contributed by atoms with E-state index in [9.17, 15) is 0 Å². The molecule has 1 aliphatic heterocycles. The van der Waals surface area contributed by atoms with Crippen LogP contribution in [0.2, 0.25) is 0 Å². The van der Waals surface area contributed by atoms with Crippen molar-refractivity contribution < 1.29 is 4.42 Å². The molecule has 1 N–H and O–H groups in total. The van der Waals surface area contributed by atoms with Gasteiger partial charge in [0.2, 0.25) is 0 Å². The molecule has 0 aromatic carbocycles. The number of piperazine rings is 1. The van der Waals surface area contributed by atoms with Crippen LogP contribution in [0, 0.1) is 0 Å². The van der Waals surface area contributed by atoms with E-state index >= 15 is 0 Å². The lowest BCUT2D eigenvalue weighted by Gasteiger charge is -2.39. The highest BCUT2D eigenvalue weighted by atomic mass is 16.3. The van der Waals surface area contributed by atoms with Gasteiger partial charge in [-0.05, 0) is 19.5 Å². The molecule has 1 fully saturated rings. The molecule has 0 amide bonds. The van der Waals surface area contributed by atoms with Gasteiger partial charge in [0.25, 0.3) is 0 Å². The fraction of sp³-hybridized carbons (Fsp3) is 0.714. The predicted molar refractivity (Wildman–Crippen MR) is 73.6 cm³/mol. The zero-order valence-electron chi connectivity index (χ0n) is 11.6. The fourth-order valence-electron chi connectivity index (χ4n) is 2.52. The van der Waals surface area contributed by atoms with E-state index in [1.165, 1.54) is 31.6 Å². The molecule has 0 spiro atoms. The first-order chi connectivity index (χ1) is 8.79. The summed E-state index contributed by atoms with van der Waals surface area (Å²) in [5, 5.41) is 3.46. The number of hydrogen-bond acceptors (Lipinski definition) is 4. The SMILES string of the molecule is CCC1CN(CCNCc2ccoc2)CCN1C. The molecule has 0 aliphatic carbocycles. The van der Waals surface area contributed by atoms with Gasteiger partial charge in [-0.3, -0.25) is 4.90 Å². The summed E-state index contributed by atoms with van der Waals surface area (Å²) in [6, 6.07) is 2.74. The first-order valence-electron chi connectivity index (χ1n) is 6.94. The Balaban J connectivity index is 1.62. The summed E-state index contributed by atoms with van der Waals surface area (Å²) >= 11 is 0. The van der Waals surface area contributed by atoms with Crippen molar-refractivity contribution in [1.29, 1.82) is 0 Å². The van der Waals surface area contributed by atoms with Gasteiger partial charge in [-0.1, -0.05) is 6.92 Å². The Morgan fingerprint density at radius 3 is 3.06 bits per heavy atom. The molecular formula is C14H25N3O. The molecule has 1 aromatic heterocycles. The molecule has 1 aromatic rings. The minimum Gasteiger partial charge on any atom is -0.472 e. The Morgan fingerprint density at radius 2 is 2.33 bits per heavy atom. The van der Waals surface area contributed by atoms with Crippen LogP contribution in [-0.4, -0.2) is 55.6 Å². The molecule has 18 heavy (non-hydrogen) atoms. The average Bonchev–Trinajstić information content (AvgIpc) is 2.89. The van der Waals surface area contributed by atoms with Crippen molar-refractivity contribution in [3.63, 3.8) is 0 Å². The molecule has 1 atom stereocenters. The molecule has 0 saturated carbocycles. The molecule has 0 radical (unpaired) electrons. The Hall–Kier alpha value is -0.840. The molecule has 0 bridgehead atoms. The number of hydrogen-bond donors (Lipinski definition) is 1. The zero-order chi connectivity index (χ0) is 12.8. The van der Waals surface area contributed by atoms with Gasteiger partial charge >= 0.3 is 0 Å². The maximum Gasteiger partial charge on any atom is 0.0947 e. The van der Waals surface area contributed by atoms with Crippen LogP contribution >= 0.6 is 0 Å². The normalized spacial score (nSPS) is 22.4. The van der Waals surface area contributed by atoms with Crippen LogP contribution in [0.3, 0.4) is 0 Å². The summed E-state index contributed by atoms with van der Waals surface area (Å²) in [7, 11) is 2.24. The van der Waals surface area contributed by atoms with Gasteiger partial charge < -0.3 is 14.6 Å². The highest BCUT2D eigenvalue weighted by Gasteiger charge is 2.21. The van der Waals surface area contributed by atoms with Crippen molar-refractivity contribution in [3.8, 4) is 0 Å². The second kappa shape index (κ2) is 6.92. The van der Waals surface area contributed by atoms with Crippen molar-refractivity contribution in [2.75, 3.05) is 39.8 Å². The summed E-state index contributed by atoms with van der Waals surface area (Å²) in [5.41, 5.74) is 1.22. The minimum absolute atomic E-state index is 0.729. The topological polar surface area (TPSA) is 31.6 Å². The molecule has 1 unspecified atom stereocenters. The summed E-state index contributed by atoms with van der Waals surface area (Å²) in [5.74, 6) is 0. The standard InChI is InChI=1S/C14H25N3O/c1-3-14-11-17(8-7-16(14)2)6-5-15-10-13-4-9-18-12-13/h4,9,12,14-15H,3,5-8,10-11H2,1-2H3. The first-order valence-corrected chi connectivity index (χ1v) is 6.94. The monoisotopic (exact) mass is 251 g/mol. The Bertz CT molecular complexity index is 326. The third-order valence-corrected chi connectivity index (χ3v) is 3.85. The summed E-state index contributed by atoms with van der Waals surface area (Å²) in [6.07, 6.45) is 4.77. The lowest BCUT2D eigenvalue weighted by molar-refractivity contribution is 0.0939. The molecule has 2 rings (SSSR count). The second-order valence-electron chi connectivity index (χ2n) is 5.15. The van der Waals surface area contributed by atoms with E-state index in [0.717, 1.165) is 25.7 Å². The number of nitrogens with one attached hydrogen (secondary N) is 1. The molecule has 4 nitrogen and oxygen atoms in total. The number of likely N-dealkylation sites (N-methyl/N-ethyl adjacent to an activating group) is 1. The van der Waals surface area contributed by atoms with Gasteiger partial charge in [0.1, 0.15) is 0 Å². The zero-order valence-corrected chi connectivity index (χ0v) is 11.6.